The van der Waals surface area contributed by atoms with Gasteiger partial charge in [-0.3, -0.25) is 9.59 Å². The van der Waals surface area contributed by atoms with Crippen molar-refractivity contribution in [3.63, 3.8) is 0 Å². The predicted molar refractivity (Wildman–Crippen MR) is 82.9 cm³/mol. The molecule has 0 saturated carbocycles. The van der Waals surface area contributed by atoms with E-state index in [1.165, 1.54) is 0 Å². The fourth-order valence-electron chi connectivity index (χ4n) is 2.38. The van der Waals surface area contributed by atoms with Crippen LogP contribution in [0.2, 0.25) is 5.02 Å². The fourth-order valence-corrected chi connectivity index (χ4v) is 2.57. The van der Waals surface area contributed by atoms with E-state index in [0.717, 1.165) is 4.90 Å². The topological polar surface area (TPSA) is 69.6 Å². The van der Waals surface area contributed by atoms with Gasteiger partial charge in [-0.2, -0.15) is 0 Å². The number of amides is 2. The van der Waals surface area contributed by atoms with Crippen LogP contribution in [0.4, 0.5) is 5.69 Å². The van der Waals surface area contributed by atoms with Crippen LogP contribution >= 0.6 is 11.6 Å². The molecule has 3 rings (SSSR count). The van der Waals surface area contributed by atoms with Crippen LogP contribution in [0.15, 0.2) is 48.5 Å². The molecule has 0 aliphatic carbocycles. The molecule has 1 aliphatic rings. The Bertz CT molecular complexity index is 713. The molecule has 5 nitrogen and oxygen atoms in total. The second-order valence-electron chi connectivity index (χ2n) is 4.90. The van der Waals surface area contributed by atoms with Gasteiger partial charge >= 0.3 is 0 Å². The van der Waals surface area contributed by atoms with Crippen LogP contribution in [0.1, 0.15) is 20.7 Å². The maximum absolute atomic E-state index is 12.2. The maximum atomic E-state index is 12.2. The summed E-state index contributed by atoms with van der Waals surface area (Å²) in [6, 6.07) is 13.5. The quantitative estimate of drug-likeness (QED) is 0.850. The molecule has 2 aromatic carbocycles. The molecule has 112 valence electrons. The molecule has 0 aromatic heterocycles. The van der Waals surface area contributed by atoms with E-state index in [4.69, 9.17) is 11.6 Å². The van der Waals surface area contributed by atoms with Gasteiger partial charge in [0.25, 0.3) is 11.8 Å². The van der Waals surface area contributed by atoms with E-state index in [1.807, 2.05) is 0 Å². The molecule has 1 atom stereocenters. The number of hydrogen-bond acceptors (Lipinski definition) is 4. The van der Waals surface area contributed by atoms with Crippen molar-refractivity contribution in [2.75, 3.05) is 11.9 Å². The summed E-state index contributed by atoms with van der Waals surface area (Å²) >= 11 is 5.87. The van der Waals surface area contributed by atoms with E-state index < -0.39 is 18.0 Å². The van der Waals surface area contributed by atoms with E-state index in [0.29, 0.717) is 21.8 Å². The lowest BCUT2D eigenvalue weighted by molar-refractivity contribution is 0.0191. The summed E-state index contributed by atoms with van der Waals surface area (Å²) in [5.74, 6) is -0.970. The molecular weight excluding hydrogens is 304 g/mol. The van der Waals surface area contributed by atoms with Crippen LogP contribution in [0.25, 0.3) is 0 Å². The van der Waals surface area contributed by atoms with Gasteiger partial charge < -0.3 is 10.4 Å². The number of rotatable bonds is 4. The number of benzene rings is 2. The summed E-state index contributed by atoms with van der Waals surface area (Å²) in [5, 5.41) is 13.7. The minimum Gasteiger partial charge on any atom is -0.380 e. The number of aliphatic hydroxyl groups is 1. The van der Waals surface area contributed by atoms with Crippen molar-refractivity contribution in [3.05, 3.63) is 64.7 Å². The first kappa shape index (κ1) is 14.6. The average Bonchev–Trinajstić information content (AvgIpc) is 2.77. The molecule has 0 radical (unpaired) electrons. The van der Waals surface area contributed by atoms with E-state index >= 15 is 0 Å². The van der Waals surface area contributed by atoms with Crippen LogP contribution in [0, 0.1) is 0 Å². The first-order valence-electron chi connectivity index (χ1n) is 6.72. The third kappa shape index (κ3) is 2.56. The van der Waals surface area contributed by atoms with E-state index in [2.05, 4.69) is 5.32 Å². The zero-order valence-electron chi connectivity index (χ0n) is 11.5. The highest BCUT2D eigenvalue weighted by Crippen LogP contribution is 2.24. The maximum Gasteiger partial charge on any atom is 0.263 e. The Hall–Kier alpha value is -2.37. The lowest BCUT2D eigenvalue weighted by atomic mass is 10.1. The van der Waals surface area contributed by atoms with Gasteiger partial charge in [-0.1, -0.05) is 29.8 Å². The zero-order valence-corrected chi connectivity index (χ0v) is 12.2. The molecular formula is C16H13ClN2O3. The molecule has 22 heavy (non-hydrogen) atoms. The van der Waals surface area contributed by atoms with Crippen molar-refractivity contribution in [3.8, 4) is 0 Å². The molecule has 6 heteroatoms. The van der Waals surface area contributed by atoms with Crippen molar-refractivity contribution in [2.24, 2.45) is 0 Å². The largest absolute Gasteiger partial charge is 0.380 e. The van der Waals surface area contributed by atoms with Crippen LogP contribution in [0.5, 0.6) is 0 Å². The third-order valence-corrected chi connectivity index (χ3v) is 3.67. The molecule has 1 aliphatic heterocycles. The Labute approximate surface area is 132 Å². The highest BCUT2D eigenvalue weighted by molar-refractivity contribution is 6.30. The molecule has 2 N–H and O–H groups in total. The standard InChI is InChI=1S/C16H13ClN2O3/c17-10-4-3-5-11(8-10)18-9-14(20)19-15(21)12-6-1-2-7-13(12)16(19)22/h1-8,14,18,20H,9H2. The minimum atomic E-state index is -1.26. The number of carbonyl (C=O) groups excluding carboxylic acids is 2. The SMILES string of the molecule is O=C1c2ccccc2C(=O)N1C(O)CNc1cccc(Cl)c1. The van der Waals surface area contributed by atoms with Crippen LogP contribution in [0.3, 0.4) is 0 Å². The highest BCUT2D eigenvalue weighted by Gasteiger charge is 2.38. The van der Waals surface area contributed by atoms with Crippen LogP contribution in [-0.4, -0.2) is 34.6 Å². The van der Waals surface area contributed by atoms with Crippen LogP contribution < -0.4 is 5.32 Å². The van der Waals surface area contributed by atoms with Gasteiger partial charge in [0.15, 0.2) is 6.23 Å². The number of aliphatic hydroxyl groups excluding tert-OH is 1. The van der Waals surface area contributed by atoms with E-state index in [1.54, 1.807) is 48.5 Å². The second kappa shape index (κ2) is 5.79. The number of carbonyl (C=O) groups is 2. The summed E-state index contributed by atoms with van der Waals surface area (Å²) in [6.07, 6.45) is -1.26. The summed E-state index contributed by atoms with van der Waals surface area (Å²) in [4.78, 5) is 25.3. The number of imide groups is 1. The summed E-state index contributed by atoms with van der Waals surface area (Å²) in [6.45, 7) is 0.0197. The van der Waals surface area contributed by atoms with Crippen molar-refractivity contribution < 1.29 is 14.7 Å². The third-order valence-electron chi connectivity index (χ3n) is 3.44. The van der Waals surface area contributed by atoms with Crippen molar-refractivity contribution in [1.29, 1.82) is 0 Å². The van der Waals surface area contributed by atoms with Gasteiger partial charge in [0.1, 0.15) is 0 Å². The summed E-state index contributed by atoms with van der Waals surface area (Å²) in [7, 11) is 0. The van der Waals surface area contributed by atoms with Crippen molar-refractivity contribution >= 4 is 29.1 Å². The van der Waals surface area contributed by atoms with Gasteiger partial charge in [-0.15, -0.1) is 0 Å². The molecule has 0 saturated heterocycles. The van der Waals surface area contributed by atoms with Gasteiger partial charge in [0.05, 0.1) is 17.7 Å². The lowest BCUT2D eigenvalue weighted by Crippen LogP contribution is -2.43. The first-order valence-corrected chi connectivity index (χ1v) is 7.10. The predicted octanol–water partition coefficient (Wildman–Crippen LogP) is 2.37. The zero-order chi connectivity index (χ0) is 15.7. The van der Waals surface area contributed by atoms with Gasteiger partial charge in [0.2, 0.25) is 0 Å². The van der Waals surface area contributed by atoms with Gasteiger partial charge in [0, 0.05) is 10.7 Å². The second-order valence-corrected chi connectivity index (χ2v) is 5.33. The molecule has 0 spiro atoms. The summed E-state index contributed by atoms with van der Waals surface area (Å²) in [5.41, 5.74) is 1.33. The van der Waals surface area contributed by atoms with Crippen molar-refractivity contribution in [1.82, 2.24) is 4.90 Å². The highest BCUT2D eigenvalue weighted by atomic mass is 35.5. The molecule has 2 aromatic rings. The van der Waals surface area contributed by atoms with E-state index in [9.17, 15) is 14.7 Å². The Balaban J connectivity index is 1.72. The fraction of sp³-hybridized carbons (Fsp3) is 0.125. The molecule has 1 heterocycles. The number of nitrogens with zero attached hydrogens (tertiary/aromatic N) is 1. The minimum absolute atomic E-state index is 0.0197. The Kier molecular flexibility index (Phi) is 3.83. The Morgan fingerprint density at radius 1 is 1.05 bits per heavy atom. The van der Waals surface area contributed by atoms with Gasteiger partial charge in [-0.25, -0.2) is 4.90 Å². The van der Waals surface area contributed by atoms with E-state index in [-0.39, 0.29) is 6.54 Å². The number of nitrogens with one attached hydrogen (secondary N) is 1. The molecule has 0 bridgehead atoms. The van der Waals surface area contributed by atoms with Crippen molar-refractivity contribution in [2.45, 2.75) is 6.23 Å². The van der Waals surface area contributed by atoms with Gasteiger partial charge in [-0.05, 0) is 30.3 Å². The number of fused-ring (bicyclic) bond motifs is 1. The summed E-state index contributed by atoms with van der Waals surface area (Å²) < 4.78 is 0. The lowest BCUT2D eigenvalue weighted by Gasteiger charge is -2.21. The van der Waals surface area contributed by atoms with Crippen LogP contribution in [-0.2, 0) is 0 Å². The molecule has 0 fully saturated rings. The molecule has 1 unspecified atom stereocenters. The average molecular weight is 317 g/mol. The first-order chi connectivity index (χ1) is 10.6. The number of anilines is 1. The normalized spacial score (nSPS) is 14.9. The molecule has 2 amide bonds. The smallest absolute Gasteiger partial charge is 0.263 e. The monoisotopic (exact) mass is 316 g/mol. The number of halogens is 1. The number of hydrogen-bond donors (Lipinski definition) is 2. The Morgan fingerprint density at radius 3 is 2.27 bits per heavy atom. The Morgan fingerprint density at radius 2 is 1.68 bits per heavy atom.